The van der Waals surface area contributed by atoms with Crippen LogP contribution in [0.2, 0.25) is 0 Å². The first-order valence-electron chi connectivity index (χ1n) is 7.52. The minimum atomic E-state index is 0.393. The summed E-state index contributed by atoms with van der Waals surface area (Å²) < 4.78 is 11.5. The molecule has 0 aromatic heterocycles. The minimum Gasteiger partial charge on any atom is -0.492 e. The highest BCUT2D eigenvalue weighted by Gasteiger charge is 2.18. The van der Waals surface area contributed by atoms with Crippen LogP contribution in [0.4, 0.5) is 0 Å². The van der Waals surface area contributed by atoms with Crippen molar-refractivity contribution in [3.8, 4) is 5.75 Å². The molecule has 112 valence electrons. The van der Waals surface area contributed by atoms with Gasteiger partial charge in [0.15, 0.2) is 0 Å². The van der Waals surface area contributed by atoms with Crippen molar-refractivity contribution in [1.29, 1.82) is 0 Å². The van der Waals surface area contributed by atoms with Crippen LogP contribution in [0.15, 0.2) is 24.3 Å². The topological polar surface area (TPSA) is 33.7 Å². The van der Waals surface area contributed by atoms with E-state index < -0.39 is 0 Å². The lowest BCUT2D eigenvalue weighted by Crippen LogP contribution is -2.43. The molecular formula is C16H26N2O2. The van der Waals surface area contributed by atoms with Crippen molar-refractivity contribution in [2.45, 2.75) is 26.0 Å². The van der Waals surface area contributed by atoms with Crippen LogP contribution in [0, 0.1) is 0 Å². The van der Waals surface area contributed by atoms with E-state index in [-0.39, 0.29) is 0 Å². The molecule has 20 heavy (non-hydrogen) atoms. The van der Waals surface area contributed by atoms with Crippen molar-refractivity contribution in [1.82, 2.24) is 10.2 Å². The predicted molar refractivity (Wildman–Crippen MR) is 81.2 cm³/mol. The molecule has 0 radical (unpaired) electrons. The Hall–Kier alpha value is -1.10. The molecule has 0 aliphatic carbocycles. The standard InChI is InChI=1S/C16H26N2O2/c1-3-15-13-18(8-10-19-15)9-11-20-16-6-4-14(5-7-16)12-17-2/h4-7,15,17H,3,8-13H2,1-2H3. The van der Waals surface area contributed by atoms with Gasteiger partial charge in [0.1, 0.15) is 12.4 Å². The maximum absolute atomic E-state index is 5.81. The minimum absolute atomic E-state index is 0.393. The van der Waals surface area contributed by atoms with Gasteiger partial charge in [0.05, 0.1) is 12.7 Å². The first-order chi connectivity index (χ1) is 9.81. The van der Waals surface area contributed by atoms with Gasteiger partial charge in [0.25, 0.3) is 0 Å². The monoisotopic (exact) mass is 278 g/mol. The fraction of sp³-hybridized carbons (Fsp3) is 0.625. The van der Waals surface area contributed by atoms with Gasteiger partial charge in [-0.15, -0.1) is 0 Å². The van der Waals surface area contributed by atoms with Gasteiger partial charge in [-0.3, -0.25) is 4.90 Å². The highest BCUT2D eigenvalue weighted by Crippen LogP contribution is 2.13. The Kier molecular flexibility index (Phi) is 6.30. The van der Waals surface area contributed by atoms with E-state index in [1.54, 1.807) is 0 Å². The third-order valence-electron chi connectivity index (χ3n) is 3.66. The second-order valence-electron chi connectivity index (χ2n) is 5.22. The van der Waals surface area contributed by atoms with E-state index in [9.17, 15) is 0 Å². The largest absolute Gasteiger partial charge is 0.492 e. The molecule has 1 fully saturated rings. The van der Waals surface area contributed by atoms with Crippen molar-refractivity contribution in [3.63, 3.8) is 0 Å². The molecule has 0 bridgehead atoms. The Labute approximate surface area is 122 Å². The lowest BCUT2D eigenvalue weighted by Gasteiger charge is -2.32. The van der Waals surface area contributed by atoms with E-state index in [2.05, 4.69) is 29.3 Å². The number of hydrogen-bond donors (Lipinski definition) is 1. The summed E-state index contributed by atoms with van der Waals surface area (Å²) in [6.45, 7) is 7.67. The van der Waals surface area contributed by atoms with Gasteiger partial charge in [-0.1, -0.05) is 19.1 Å². The summed E-state index contributed by atoms with van der Waals surface area (Å²) in [7, 11) is 1.95. The Morgan fingerprint density at radius 1 is 1.35 bits per heavy atom. The predicted octanol–water partition coefficient (Wildman–Crippen LogP) is 1.90. The smallest absolute Gasteiger partial charge is 0.119 e. The molecule has 0 amide bonds. The molecule has 1 aliphatic heterocycles. The van der Waals surface area contributed by atoms with Crippen LogP contribution in [0.3, 0.4) is 0 Å². The van der Waals surface area contributed by atoms with E-state index in [4.69, 9.17) is 9.47 Å². The second kappa shape index (κ2) is 8.25. The fourth-order valence-electron chi connectivity index (χ4n) is 2.43. The molecule has 1 heterocycles. The van der Waals surface area contributed by atoms with E-state index >= 15 is 0 Å². The lowest BCUT2D eigenvalue weighted by molar-refractivity contribution is -0.0324. The Bertz CT molecular complexity index is 381. The van der Waals surface area contributed by atoms with Crippen molar-refractivity contribution in [2.24, 2.45) is 0 Å². The third kappa shape index (κ3) is 4.78. The third-order valence-corrected chi connectivity index (χ3v) is 3.66. The number of nitrogens with zero attached hydrogens (tertiary/aromatic N) is 1. The highest BCUT2D eigenvalue weighted by molar-refractivity contribution is 5.27. The molecule has 1 saturated heterocycles. The average molecular weight is 278 g/mol. The molecule has 1 N–H and O–H groups in total. The summed E-state index contributed by atoms with van der Waals surface area (Å²) >= 11 is 0. The number of benzene rings is 1. The lowest BCUT2D eigenvalue weighted by atomic mass is 10.2. The van der Waals surface area contributed by atoms with Crippen LogP contribution >= 0.6 is 0 Å². The zero-order chi connectivity index (χ0) is 14.2. The van der Waals surface area contributed by atoms with Crippen LogP contribution in [-0.4, -0.2) is 50.9 Å². The van der Waals surface area contributed by atoms with E-state index in [1.165, 1.54) is 5.56 Å². The van der Waals surface area contributed by atoms with Gasteiger partial charge in [0.2, 0.25) is 0 Å². The van der Waals surface area contributed by atoms with E-state index in [0.29, 0.717) is 6.10 Å². The molecule has 1 aromatic carbocycles. The molecule has 1 aromatic rings. The Morgan fingerprint density at radius 2 is 2.15 bits per heavy atom. The molecule has 0 spiro atoms. The quantitative estimate of drug-likeness (QED) is 0.826. The van der Waals surface area contributed by atoms with Crippen molar-refractivity contribution >= 4 is 0 Å². The molecule has 4 heteroatoms. The highest BCUT2D eigenvalue weighted by atomic mass is 16.5. The number of nitrogens with one attached hydrogen (secondary N) is 1. The van der Waals surface area contributed by atoms with Crippen LogP contribution in [0.1, 0.15) is 18.9 Å². The maximum Gasteiger partial charge on any atom is 0.119 e. The van der Waals surface area contributed by atoms with Crippen LogP contribution < -0.4 is 10.1 Å². The zero-order valence-electron chi connectivity index (χ0n) is 12.6. The maximum atomic E-state index is 5.81. The average Bonchev–Trinajstić information content (AvgIpc) is 2.50. The summed E-state index contributed by atoms with van der Waals surface area (Å²) in [5, 5.41) is 3.14. The number of morpholine rings is 1. The van der Waals surface area contributed by atoms with Crippen molar-refractivity contribution in [2.75, 3.05) is 39.9 Å². The van der Waals surface area contributed by atoms with Crippen molar-refractivity contribution < 1.29 is 9.47 Å². The molecule has 4 nitrogen and oxygen atoms in total. The number of rotatable bonds is 7. The first-order valence-corrected chi connectivity index (χ1v) is 7.52. The SMILES string of the molecule is CCC1CN(CCOc2ccc(CNC)cc2)CCO1. The van der Waals surface area contributed by atoms with E-state index in [1.807, 2.05) is 19.2 Å². The Morgan fingerprint density at radius 3 is 2.85 bits per heavy atom. The van der Waals surface area contributed by atoms with Crippen LogP contribution in [0.5, 0.6) is 5.75 Å². The summed E-state index contributed by atoms with van der Waals surface area (Å²) in [5.41, 5.74) is 1.28. The van der Waals surface area contributed by atoms with Gasteiger partial charge in [-0.05, 0) is 31.2 Å². The van der Waals surface area contributed by atoms with Gasteiger partial charge >= 0.3 is 0 Å². The molecule has 0 saturated carbocycles. The van der Waals surface area contributed by atoms with Crippen LogP contribution in [0.25, 0.3) is 0 Å². The van der Waals surface area contributed by atoms with Gasteiger partial charge in [-0.2, -0.15) is 0 Å². The van der Waals surface area contributed by atoms with Gasteiger partial charge in [0, 0.05) is 26.2 Å². The molecule has 1 unspecified atom stereocenters. The van der Waals surface area contributed by atoms with Gasteiger partial charge < -0.3 is 14.8 Å². The van der Waals surface area contributed by atoms with Crippen LogP contribution in [-0.2, 0) is 11.3 Å². The molecule has 1 aliphatic rings. The molecule has 2 rings (SSSR count). The summed E-state index contributed by atoms with van der Waals surface area (Å²) in [6, 6.07) is 8.29. The number of hydrogen-bond acceptors (Lipinski definition) is 4. The Balaban J connectivity index is 1.69. The summed E-state index contributed by atoms with van der Waals surface area (Å²) in [5.74, 6) is 0.949. The van der Waals surface area contributed by atoms with Gasteiger partial charge in [-0.25, -0.2) is 0 Å². The second-order valence-corrected chi connectivity index (χ2v) is 5.22. The number of ether oxygens (including phenoxy) is 2. The van der Waals surface area contributed by atoms with E-state index in [0.717, 1.165) is 51.6 Å². The normalized spacial score (nSPS) is 20.0. The molecular weight excluding hydrogens is 252 g/mol. The molecule has 1 atom stereocenters. The fourth-order valence-corrected chi connectivity index (χ4v) is 2.43. The first kappa shape index (κ1) is 15.3. The summed E-state index contributed by atoms with van der Waals surface area (Å²) in [4.78, 5) is 2.42. The van der Waals surface area contributed by atoms with Crippen molar-refractivity contribution in [3.05, 3.63) is 29.8 Å². The summed E-state index contributed by atoms with van der Waals surface area (Å²) in [6.07, 6.45) is 1.48. The zero-order valence-corrected chi connectivity index (χ0v) is 12.6.